The molecule has 0 spiro atoms. The number of hydrogen-bond donors (Lipinski definition) is 1. The van der Waals surface area contributed by atoms with Crippen molar-refractivity contribution in [2.45, 2.75) is 52.1 Å². The Kier molecular flexibility index (Phi) is 5.27. The highest BCUT2D eigenvalue weighted by Crippen LogP contribution is 2.39. The Morgan fingerprint density at radius 2 is 1.89 bits per heavy atom. The molecule has 1 aliphatic heterocycles. The molecule has 2 rings (SSSR count). The standard InChI is InChI=1S/C16H31NO2/c1-16(2)8-4-5-14(15(16)18)11-17-9-6-13(7-10-17)12-19-3/h13-15,18H,4-12H2,1-3H3. The van der Waals surface area contributed by atoms with Crippen molar-refractivity contribution in [3.05, 3.63) is 0 Å². The van der Waals surface area contributed by atoms with E-state index >= 15 is 0 Å². The normalized spacial score (nSPS) is 33.5. The third-order valence-electron chi connectivity index (χ3n) is 5.25. The lowest BCUT2D eigenvalue weighted by Gasteiger charge is -2.43. The quantitative estimate of drug-likeness (QED) is 0.851. The van der Waals surface area contributed by atoms with Crippen molar-refractivity contribution in [3.8, 4) is 0 Å². The van der Waals surface area contributed by atoms with E-state index in [1.165, 1.54) is 45.2 Å². The fourth-order valence-electron chi connectivity index (χ4n) is 3.86. The fraction of sp³-hybridized carbons (Fsp3) is 1.00. The molecule has 2 unspecified atom stereocenters. The number of ether oxygens (including phenoxy) is 1. The van der Waals surface area contributed by atoms with Crippen molar-refractivity contribution in [2.75, 3.05) is 33.4 Å². The van der Waals surface area contributed by atoms with Crippen LogP contribution in [0.25, 0.3) is 0 Å². The van der Waals surface area contributed by atoms with Crippen molar-refractivity contribution in [3.63, 3.8) is 0 Å². The molecule has 2 fully saturated rings. The second-order valence-electron chi connectivity index (χ2n) is 7.29. The number of likely N-dealkylation sites (tertiary alicyclic amines) is 1. The first kappa shape index (κ1) is 15.3. The molecule has 0 aromatic heterocycles. The molecule has 2 aliphatic rings. The van der Waals surface area contributed by atoms with Gasteiger partial charge >= 0.3 is 0 Å². The Morgan fingerprint density at radius 3 is 2.53 bits per heavy atom. The first-order chi connectivity index (χ1) is 9.03. The molecule has 0 aromatic rings. The summed E-state index contributed by atoms with van der Waals surface area (Å²) in [7, 11) is 1.80. The summed E-state index contributed by atoms with van der Waals surface area (Å²) in [6.07, 6.45) is 6.01. The minimum Gasteiger partial charge on any atom is -0.392 e. The lowest BCUT2D eigenvalue weighted by Crippen LogP contribution is -2.46. The van der Waals surface area contributed by atoms with Crippen molar-refractivity contribution >= 4 is 0 Å². The minimum atomic E-state index is -0.127. The van der Waals surface area contributed by atoms with E-state index in [9.17, 15) is 5.11 Å². The molecular weight excluding hydrogens is 238 g/mol. The summed E-state index contributed by atoms with van der Waals surface area (Å²) in [5.74, 6) is 1.22. The number of methoxy groups -OCH3 is 1. The van der Waals surface area contributed by atoms with Gasteiger partial charge in [0.25, 0.3) is 0 Å². The molecule has 0 aromatic carbocycles. The molecule has 1 N–H and O–H groups in total. The lowest BCUT2D eigenvalue weighted by atomic mass is 9.69. The van der Waals surface area contributed by atoms with E-state index in [4.69, 9.17) is 4.74 Å². The number of hydrogen-bond acceptors (Lipinski definition) is 3. The van der Waals surface area contributed by atoms with E-state index in [0.717, 1.165) is 19.1 Å². The summed E-state index contributed by atoms with van der Waals surface area (Å²) >= 11 is 0. The van der Waals surface area contributed by atoms with Gasteiger partial charge in [-0.1, -0.05) is 20.3 Å². The largest absolute Gasteiger partial charge is 0.392 e. The molecule has 0 amide bonds. The molecule has 112 valence electrons. The van der Waals surface area contributed by atoms with Crippen LogP contribution in [0.5, 0.6) is 0 Å². The van der Waals surface area contributed by atoms with Gasteiger partial charge < -0.3 is 14.7 Å². The van der Waals surface area contributed by atoms with Crippen molar-refractivity contribution in [1.29, 1.82) is 0 Å². The molecule has 3 nitrogen and oxygen atoms in total. The van der Waals surface area contributed by atoms with E-state index in [-0.39, 0.29) is 11.5 Å². The maximum absolute atomic E-state index is 10.5. The van der Waals surface area contributed by atoms with Crippen LogP contribution < -0.4 is 0 Å². The van der Waals surface area contributed by atoms with Crippen molar-refractivity contribution in [2.24, 2.45) is 17.3 Å². The van der Waals surface area contributed by atoms with Crippen LogP contribution in [0, 0.1) is 17.3 Å². The van der Waals surface area contributed by atoms with Crippen LogP contribution >= 0.6 is 0 Å². The van der Waals surface area contributed by atoms with Gasteiger partial charge in [0.2, 0.25) is 0 Å². The van der Waals surface area contributed by atoms with Gasteiger partial charge in [0.05, 0.1) is 6.10 Å². The smallest absolute Gasteiger partial charge is 0.0631 e. The number of aliphatic hydroxyl groups excluding tert-OH is 1. The zero-order valence-electron chi connectivity index (χ0n) is 12.9. The highest BCUT2D eigenvalue weighted by atomic mass is 16.5. The molecule has 0 bridgehead atoms. The average molecular weight is 269 g/mol. The van der Waals surface area contributed by atoms with E-state index in [2.05, 4.69) is 18.7 Å². The van der Waals surface area contributed by atoms with Crippen LogP contribution in [0.1, 0.15) is 46.0 Å². The number of nitrogens with zero attached hydrogens (tertiary/aromatic N) is 1. The first-order valence-electron chi connectivity index (χ1n) is 7.92. The van der Waals surface area contributed by atoms with Gasteiger partial charge in [-0.3, -0.25) is 0 Å². The van der Waals surface area contributed by atoms with Crippen LogP contribution in [0.3, 0.4) is 0 Å². The summed E-state index contributed by atoms with van der Waals surface area (Å²) in [6, 6.07) is 0. The summed E-state index contributed by atoms with van der Waals surface area (Å²) in [5, 5.41) is 10.5. The molecule has 0 radical (unpaired) electrons. The maximum atomic E-state index is 10.5. The Balaban J connectivity index is 1.79. The van der Waals surface area contributed by atoms with E-state index < -0.39 is 0 Å². The van der Waals surface area contributed by atoms with E-state index in [1.807, 2.05) is 0 Å². The van der Waals surface area contributed by atoms with Gasteiger partial charge in [-0.15, -0.1) is 0 Å². The molecule has 19 heavy (non-hydrogen) atoms. The molecule has 1 aliphatic carbocycles. The van der Waals surface area contributed by atoms with Crippen LogP contribution in [0.4, 0.5) is 0 Å². The second kappa shape index (κ2) is 6.55. The monoisotopic (exact) mass is 269 g/mol. The zero-order chi connectivity index (χ0) is 13.9. The van der Waals surface area contributed by atoms with Gasteiger partial charge in [0.1, 0.15) is 0 Å². The van der Waals surface area contributed by atoms with Crippen molar-refractivity contribution in [1.82, 2.24) is 4.90 Å². The molecule has 2 atom stereocenters. The van der Waals surface area contributed by atoms with Gasteiger partial charge in [-0.25, -0.2) is 0 Å². The number of piperidine rings is 1. The van der Waals surface area contributed by atoms with Crippen molar-refractivity contribution < 1.29 is 9.84 Å². The number of rotatable bonds is 4. The van der Waals surface area contributed by atoms with Gasteiger partial charge in [-0.2, -0.15) is 0 Å². The van der Waals surface area contributed by atoms with Crippen LogP contribution in [-0.2, 0) is 4.74 Å². The molecule has 1 saturated carbocycles. The zero-order valence-corrected chi connectivity index (χ0v) is 12.9. The van der Waals surface area contributed by atoms with E-state index in [1.54, 1.807) is 7.11 Å². The SMILES string of the molecule is COCC1CCN(CC2CCCC(C)(C)C2O)CC1. The van der Waals surface area contributed by atoms with Crippen LogP contribution in [-0.4, -0.2) is 49.5 Å². The highest BCUT2D eigenvalue weighted by molar-refractivity contribution is 4.90. The summed E-state index contributed by atoms with van der Waals surface area (Å²) in [6.45, 7) is 8.79. The predicted molar refractivity (Wildman–Crippen MR) is 78.2 cm³/mol. The molecule has 1 saturated heterocycles. The van der Waals surface area contributed by atoms with Crippen LogP contribution in [0.15, 0.2) is 0 Å². The lowest BCUT2D eigenvalue weighted by molar-refractivity contribution is -0.0463. The highest BCUT2D eigenvalue weighted by Gasteiger charge is 2.38. The topological polar surface area (TPSA) is 32.7 Å². The average Bonchev–Trinajstić information content (AvgIpc) is 2.38. The molecular formula is C16H31NO2. The maximum Gasteiger partial charge on any atom is 0.0631 e. The predicted octanol–water partition coefficient (Wildman–Crippen LogP) is 2.53. The third-order valence-corrected chi connectivity index (χ3v) is 5.25. The summed E-state index contributed by atoms with van der Waals surface area (Å²) in [4.78, 5) is 2.56. The fourth-order valence-corrected chi connectivity index (χ4v) is 3.86. The minimum absolute atomic E-state index is 0.108. The first-order valence-corrected chi connectivity index (χ1v) is 7.92. The summed E-state index contributed by atoms with van der Waals surface area (Å²) in [5.41, 5.74) is 0.108. The van der Waals surface area contributed by atoms with Crippen LogP contribution in [0.2, 0.25) is 0 Å². The Labute approximate surface area is 118 Å². The Hall–Kier alpha value is -0.120. The number of aliphatic hydroxyl groups is 1. The third kappa shape index (κ3) is 3.93. The van der Waals surface area contributed by atoms with Gasteiger partial charge in [0.15, 0.2) is 0 Å². The van der Waals surface area contributed by atoms with Gasteiger partial charge in [0, 0.05) is 20.3 Å². The summed E-state index contributed by atoms with van der Waals surface area (Å²) < 4.78 is 5.25. The Morgan fingerprint density at radius 1 is 1.21 bits per heavy atom. The van der Waals surface area contributed by atoms with Gasteiger partial charge in [-0.05, 0) is 56.0 Å². The molecule has 3 heteroatoms. The second-order valence-corrected chi connectivity index (χ2v) is 7.29. The Bertz CT molecular complexity index is 272. The molecule has 1 heterocycles. The van der Waals surface area contributed by atoms with E-state index in [0.29, 0.717) is 5.92 Å².